The van der Waals surface area contributed by atoms with E-state index in [2.05, 4.69) is 20.6 Å². The minimum atomic E-state index is -3.73. The Kier molecular flexibility index (Phi) is 6.34. The molecule has 5 rings (SSSR count). The van der Waals surface area contributed by atoms with Gasteiger partial charge in [0.15, 0.2) is 11.4 Å². The monoisotopic (exact) mass is 504 g/mol. The molecule has 0 spiro atoms. The second kappa shape index (κ2) is 9.41. The number of aryl methyl sites for hydroxylation is 1. The maximum absolute atomic E-state index is 13.3. The van der Waals surface area contributed by atoms with Gasteiger partial charge < -0.3 is 14.8 Å². The quantitative estimate of drug-likeness (QED) is 0.561. The first-order valence-corrected chi connectivity index (χ1v) is 13.2. The van der Waals surface area contributed by atoms with Crippen LogP contribution < -0.4 is 10.1 Å². The summed E-state index contributed by atoms with van der Waals surface area (Å²) in [5.74, 6) is -0.116. The number of hydrogen-bond acceptors (Lipinski definition) is 9. The molecule has 0 aromatic carbocycles. The Balaban J connectivity index is 1.44. The molecule has 11 nitrogen and oxygen atoms in total. The summed E-state index contributed by atoms with van der Waals surface area (Å²) in [5, 5.41) is 11.1. The van der Waals surface area contributed by atoms with Gasteiger partial charge in [0.05, 0.1) is 31.5 Å². The average Bonchev–Trinajstić information content (AvgIpc) is 3.58. The van der Waals surface area contributed by atoms with Crippen LogP contribution in [-0.2, 0) is 34.3 Å². The van der Waals surface area contributed by atoms with E-state index in [0.717, 1.165) is 11.3 Å². The Labute approximate surface area is 200 Å². The number of nitrogens with zero attached hydrogens (tertiary/aromatic N) is 5. The summed E-state index contributed by atoms with van der Waals surface area (Å²) in [4.78, 5) is 18.3. The summed E-state index contributed by atoms with van der Waals surface area (Å²) in [6, 6.07) is 6.23. The van der Waals surface area contributed by atoms with E-state index in [1.807, 2.05) is 13.0 Å². The molecule has 180 valence electrons. The van der Waals surface area contributed by atoms with Gasteiger partial charge in [0.1, 0.15) is 16.5 Å². The molecule has 2 atom stereocenters. The van der Waals surface area contributed by atoms with E-state index in [1.54, 1.807) is 29.1 Å². The number of ether oxygens (including phenoxy) is 2. The number of hydrogen-bond donors (Lipinski definition) is 1. The molecule has 2 bridgehead atoms. The van der Waals surface area contributed by atoms with Gasteiger partial charge in [0.2, 0.25) is 0 Å². The summed E-state index contributed by atoms with van der Waals surface area (Å²) in [5.41, 5.74) is 0.737. The number of nitrogens with one attached hydrogen (secondary N) is 1. The van der Waals surface area contributed by atoms with E-state index in [0.29, 0.717) is 18.0 Å². The van der Waals surface area contributed by atoms with Gasteiger partial charge >= 0.3 is 0 Å². The summed E-state index contributed by atoms with van der Waals surface area (Å²) in [7, 11) is -3.73. The fourth-order valence-electron chi connectivity index (χ4n) is 3.93. The number of sulfonamides is 1. The minimum absolute atomic E-state index is 0.0772. The average molecular weight is 505 g/mol. The fourth-order valence-corrected chi connectivity index (χ4v) is 6.86. The number of aromatic nitrogens is 4. The van der Waals surface area contributed by atoms with Gasteiger partial charge in [-0.2, -0.15) is 4.31 Å². The third kappa shape index (κ3) is 4.56. The van der Waals surface area contributed by atoms with Crippen LogP contribution in [0.5, 0.6) is 5.75 Å². The highest BCUT2D eigenvalue weighted by Gasteiger charge is 2.42. The molecular formula is C21H24N6O5S2. The Morgan fingerprint density at radius 3 is 2.97 bits per heavy atom. The van der Waals surface area contributed by atoms with Crippen LogP contribution in [0.2, 0.25) is 0 Å². The lowest BCUT2D eigenvalue weighted by Gasteiger charge is -2.20. The maximum Gasteiger partial charge on any atom is 0.274 e. The number of carbonyl (C=O) groups is 1. The van der Waals surface area contributed by atoms with Crippen molar-refractivity contribution in [2.75, 3.05) is 19.7 Å². The van der Waals surface area contributed by atoms with Crippen molar-refractivity contribution in [3.05, 3.63) is 52.9 Å². The van der Waals surface area contributed by atoms with Gasteiger partial charge in [-0.05, 0) is 30.7 Å². The predicted molar refractivity (Wildman–Crippen MR) is 122 cm³/mol. The first kappa shape index (κ1) is 22.9. The summed E-state index contributed by atoms with van der Waals surface area (Å²) < 4.78 is 41.7. The molecule has 0 radical (unpaired) electrons. The van der Waals surface area contributed by atoms with Gasteiger partial charge in [-0.1, -0.05) is 12.1 Å². The number of fused-ring (bicyclic) bond motifs is 4. The molecule has 5 heterocycles. The Bertz CT molecular complexity index is 1290. The molecule has 0 aliphatic carbocycles. The minimum Gasteiger partial charge on any atom is -0.489 e. The van der Waals surface area contributed by atoms with Crippen LogP contribution in [-0.4, -0.2) is 70.5 Å². The second-order valence-corrected chi connectivity index (χ2v) is 11.3. The molecular weight excluding hydrogens is 480 g/mol. The first-order chi connectivity index (χ1) is 16.4. The number of pyridine rings is 1. The lowest BCUT2D eigenvalue weighted by atomic mass is 10.2. The highest BCUT2D eigenvalue weighted by molar-refractivity contribution is 7.91. The number of thiophene rings is 1. The molecule has 1 fully saturated rings. The van der Waals surface area contributed by atoms with E-state index in [1.165, 1.54) is 21.8 Å². The van der Waals surface area contributed by atoms with Crippen molar-refractivity contribution >= 4 is 27.3 Å². The molecule has 13 heteroatoms. The van der Waals surface area contributed by atoms with Gasteiger partial charge in [-0.3, -0.25) is 4.79 Å². The van der Waals surface area contributed by atoms with Crippen molar-refractivity contribution in [1.29, 1.82) is 0 Å². The molecule has 0 unspecified atom stereocenters. The van der Waals surface area contributed by atoms with Crippen LogP contribution in [0.4, 0.5) is 0 Å². The van der Waals surface area contributed by atoms with E-state index >= 15 is 0 Å². The van der Waals surface area contributed by atoms with Crippen LogP contribution in [0.25, 0.3) is 0 Å². The number of carbonyl (C=O) groups excluding carboxylic acids is 1. The summed E-state index contributed by atoms with van der Waals surface area (Å²) >= 11 is 1.26. The van der Waals surface area contributed by atoms with E-state index in [-0.39, 0.29) is 36.2 Å². The fraction of sp³-hybridized carbons (Fsp3) is 0.429. The summed E-state index contributed by atoms with van der Waals surface area (Å²) in [6.07, 6.45) is 3.45. The zero-order valence-corrected chi connectivity index (χ0v) is 20.1. The Morgan fingerprint density at radius 2 is 2.15 bits per heavy atom. The van der Waals surface area contributed by atoms with Crippen molar-refractivity contribution in [3.63, 3.8) is 0 Å². The topological polar surface area (TPSA) is 129 Å². The van der Waals surface area contributed by atoms with E-state index in [4.69, 9.17) is 9.47 Å². The van der Waals surface area contributed by atoms with Gasteiger partial charge in [0.25, 0.3) is 15.9 Å². The molecule has 1 saturated heterocycles. The van der Waals surface area contributed by atoms with E-state index < -0.39 is 28.1 Å². The third-order valence-electron chi connectivity index (χ3n) is 5.72. The van der Waals surface area contributed by atoms with Gasteiger partial charge in [-0.25, -0.2) is 18.1 Å². The van der Waals surface area contributed by atoms with Crippen molar-refractivity contribution in [2.24, 2.45) is 0 Å². The van der Waals surface area contributed by atoms with Crippen LogP contribution in [0.15, 0.2) is 40.9 Å². The van der Waals surface area contributed by atoms with Crippen molar-refractivity contribution in [3.8, 4) is 5.75 Å². The molecule has 1 amide bonds. The van der Waals surface area contributed by atoms with Crippen LogP contribution in [0, 0.1) is 0 Å². The second-order valence-electron chi connectivity index (χ2n) is 8.00. The van der Waals surface area contributed by atoms with Gasteiger partial charge in [-0.15, -0.1) is 16.4 Å². The molecule has 3 aromatic heterocycles. The first-order valence-electron chi connectivity index (χ1n) is 10.9. The normalized spacial score (nSPS) is 21.7. The SMILES string of the molecule is CCc1ccc(S(=O)(=O)N2C[C@@H]3NC(=O)c4ncccc4OCCn4cc(nn4)CO[C@H]3C2)s1. The molecule has 1 N–H and O–H groups in total. The smallest absolute Gasteiger partial charge is 0.274 e. The zero-order chi connectivity index (χ0) is 23.7. The Morgan fingerprint density at radius 1 is 1.26 bits per heavy atom. The zero-order valence-electron chi connectivity index (χ0n) is 18.5. The molecule has 3 aromatic rings. The molecule has 2 aliphatic heterocycles. The third-order valence-corrected chi connectivity index (χ3v) is 9.25. The van der Waals surface area contributed by atoms with E-state index in [9.17, 15) is 13.2 Å². The highest BCUT2D eigenvalue weighted by atomic mass is 32.2. The van der Waals surface area contributed by atoms with Crippen LogP contribution >= 0.6 is 11.3 Å². The van der Waals surface area contributed by atoms with Gasteiger partial charge in [0, 0.05) is 24.2 Å². The number of amides is 1. The van der Waals surface area contributed by atoms with Crippen molar-refractivity contribution in [2.45, 2.75) is 42.9 Å². The molecule has 2 aliphatic rings. The lowest BCUT2D eigenvalue weighted by molar-refractivity contribution is 0.0320. The molecule has 0 saturated carbocycles. The highest BCUT2D eigenvalue weighted by Crippen LogP contribution is 2.29. The largest absolute Gasteiger partial charge is 0.489 e. The number of rotatable bonds is 3. The molecule has 34 heavy (non-hydrogen) atoms. The summed E-state index contributed by atoms with van der Waals surface area (Å²) in [6.45, 7) is 3.01. The maximum atomic E-state index is 13.3. The van der Waals surface area contributed by atoms with Crippen LogP contribution in [0.1, 0.15) is 28.0 Å². The van der Waals surface area contributed by atoms with Crippen molar-refractivity contribution in [1.82, 2.24) is 29.6 Å². The standard InChI is InChI=1S/C21H24N6O5S2/c1-2-15-5-6-19(33-15)34(29,30)27-11-16-18(12-27)32-13-14-10-26(25-24-14)8-9-31-17-4-3-7-22-20(17)21(28)23-16/h3-7,10,16,18H,2,8-9,11-13H2,1H3,(H,23,28)/t16-,18-/m0/s1. The predicted octanol–water partition coefficient (Wildman–Crippen LogP) is 1.08. The van der Waals surface area contributed by atoms with Crippen molar-refractivity contribution < 1.29 is 22.7 Å². The van der Waals surface area contributed by atoms with Crippen LogP contribution in [0.3, 0.4) is 0 Å². The Hall–Kier alpha value is -2.87. The lowest BCUT2D eigenvalue weighted by Crippen LogP contribution is -2.44.